The number of hydrogen-bond acceptors (Lipinski definition) is 3. The van der Waals surface area contributed by atoms with Crippen LogP contribution >= 0.6 is 0 Å². The summed E-state index contributed by atoms with van der Waals surface area (Å²) in [7, 11) is 0. The lowest BCUT2D eigenvalue weighted by molar-refractivity contribution is -0.141. The lowest BCUT2D eigenvalue weighted by atomic mass is 10.0. The lowest BCUT2D eigenvalue weighted by Gasteiger charge is -2.15. The number of benzene rings is 1. The number of carboxylic acids is 1. The van der Waals surface area contributed by atoms with Gasteiger partial charge < -0.3 is 16.2 Å². The molecule has 0 aliphatic rings. The van der Waals surface area contributed by atoms with Crippen molar-refractivity contribution in [3.8, 4) is 0 Å². The Hall–Kier alpha value is -1.88. The zero-order valence-corrected chi connectivity index (χ0v) is 12.6. The minimum absolute atomic E-state index is 0.256. The van der Waals surface area contributed by atoms with Gasteiger partial charge in [-0.3, -0.25) is 9.59 Å². The van der Waals surface area contributed by atoms with Gasteiger partial charge in [-0.1, -0.05) is 31.5 Å². The first-order chi connectivity index (χ1) is 9.91. The number of amides is 1. The number of aliphatic carboxylic acids is 1. The summed E-state index contributed by atoms with van der Waals surface area (Å²) in [6, 6.07) is 7.53. The standard InChI is InChI=1S/C16H24N2O3/c1-11(16(20)21)6-5-7-12(2)18-10-13-8-3-4-9-14(13)15(17)19/h3-4,8-9,11-12,18H,5-7,10H2,1-2H3,(H2,17,19)(H,20,21). The van der Waals surface area contributed by atoms with E-state index < -0.39 is 11.9 Å². The molecule has 5 nitrogen and oxygen atoms in total. The van der Waals surface area contributed by atoms with Crippen LogP contribution in [-0.2, 0) is 11.3 Å². The van der Waals surface area contributed by atoms with Crippen LogP contribution in [0.25, 0.3) is 0 Å². The summed E-state index contributed by atoms with van der Waals surface area (Å²) in [4.78, 5) is 22.0. The Morgan fingerprint density at radius 1 is 1.24 bits per heavy atom. The van der Waals surface area contributed by atoms with Gasteiger partial charge in [0.15, 0.2) is 0 Å². The smallest absolute Gasteiger partial charge is 0.306 e. The van der Waals surface area contributed by atoms with Crippen LogP contribution in [0.5, 0.6) is 0 Å². The zero-order valence-electron chi connectivity index (χ0n) is 12.6. The van der Waals surface area contributed by atoms with Gasteiger partial charge in [0.25, 0.3) is 0 Å². The number of carboxylic acid groups (broad SMARTS) is 1. The van der Waals surface area contributed by atoms with Crippen LogP contribution < -0.4 is 11.1 Å². The monoisotopic (exact) mass is 292 g/mol. The van der Waals surface area contributed by atoms with E-state index in [-0.39, 0.29) is 12.0 Å². The average molecular weight is 292 g/mol. The summed E-state index contributed by atoms with van der Waals surface area (Å²) < 4.78 is 0. The van der Waals surface area contributed by atoms with Crippen LogP contribution in [0.3, 0.4) is 0 Å². The van der Waals surface area contributed by atoms with E-state index in [1.165, 1.54) is 0 Å². The first-order valence-electron chi connectivity index (χ1n) is 7.25. The van der Waals surface area contributed by atoms with Gasteiger partial charge in [-0.25, -0.2) is 0 Å². The third-order valence-electron chi connectivity index (χ3n) is 3.62. The number of nitrogens with two attached hydrogens (primary N) is 1. The molecule has 0 aromatic heterocycles. The van der Waals surface area contributed by atoms with E-state index >= 15 is 0 Å². The number of hydrogen-bond donors (Lipinski definition) is 3. The molecule has 0 aliphatic carbocycles. The van der Waals surface area contributed by atoms with Crippen molar-refractivity contribution in [1.29, 1.82) is 0 Å². The number of carbonyl (C=O) groups is 2. The molecule has 1 aromatic carbocycles. The SMILES string of the molecule is CC(CCCC(C)C(=O)O)NCc1ccccc1C(N)=O. The Morgan fingerprint density at radius 2 is 1.90 bits per heavy atom. The van der Waals surface area contributed by atoms with E-state index in [2.05, 4.69) is 12.2 Å². The van der Waals surface area contributed by atoms with Crippen LogP contribution in [0.1, 0.15) is 49.0 Å². The summed E-state index contributed by atoms with van der Waals surface area (Å²) in [5.41, 5.74) is 6.76. The van der Waals surface area contributed by atoms with Gasteiger partial charge in [-0.15, -0.1) is 0 Å². The van der Waals surface area contributed by atoms with Gasteiger partial charge in [-0.05, 0) is 31.4 Å². The fraction of sp³-hybridized carbons (Fsp3) is 0.500. The van der Waals surface area contributed by atoms with Crippen molar-refractivity contribution in [2.45, 2.75) is 45.7 Å². The van der Waals surface area contributed by atoms with Crippen molar-refractivity contribution in [3.05, 3.63) is 35.4 Å². The second-order valence-corrected chi connectivity index (χ2v) is 5.47. The summed E-state index contributed by atoms with van der Waals surface area (Å²) in [6.07, 6.45) is 2.44. The van der Waals surface area contributed by atoms with Crippen molar-refractivity contribution in [1.82, 2.24) is 5.32 Å². The Balaban J connectivity index is 2.38. The van der Waals surface area contributed by atoms with Gasteiger partial charge in [0.05, 0.1) is 5.92 Å². The highest BCUT2D eigenvalue weighted by molar-refractivity contribution is 5.94. The van der Waals surface area contributed by atoms with Crippen molar-refractivity contribution in [3.63, 3.8) is 0 Å². The van der Waals surface area contributed by atoms with Crippen LogP contribution in [-0.4, -0.2) is 23.0 Å². The molecule has 0 aliphatic heterocycles. The molecule has 0 saturated carbocycles. The second-order valence-electron chi connectivity index (χ2n) is 5.47. The van der Waals surface area contributed by atoms with Gasteiger partial charge in [0.2, 0.25) is 5.91 Å². The average Bonchev–Trinajstić information content (AvgIpc) is 2.45. The highest BCUT2D eigenvalue weighted by Crippen LogP contribution is 2.11. The molecule has 0 fully saturated rings. The third kappa shape index (κ3) is 5.95. The fourth-order valence-electron chi connectivity index (χ4n) is 2.15. The zero-order chi connectivity index (χ0) is 15.8. The predicted molar refractivity (Wildman–Crippen MR) is 81.9 cm³/mol. The Kier molecular flexibility index (Phi) is 6.88. The molecule has 0 radical (unpaired) electrons. The molecule has 0 heterocycles. The second kappa shape index (κ2) is 8.42. The van der Waals surface area contributed by atoms with E-state index in [9.17, 15) is 9.59 Å². The molecule has 0 bridgehead atoms. The summed E-state index contributed by atoms with van der Waals surface area (Å²) in [5.74, 6) is -1.46. The third-order valence-corrected chi connectivity index (χ3v) is 3.62. The van der Waals surface area contributed by atoms with Crippen molar-refractivity contribution in [2.24, 2.45) is 11.7 Å². The number of carbonyl (C=O) groups excluding carboxylic acids is 1. The molecule has 0 saturated heterocycles. The van der Waals surface area contributed by atoms with Crippen molar-refractivity contribution in [2.75, 3.05) is 0 Å². The first-order valence-corrected chi connectivity index (χ1v) is 7.25. The molecule has 1 amide bonds. The van der Waals surface area contributed by atoms with E-state index in [1.807, 2.05) is 12.1 Å². The van der Waals surface area contributed by atoms with Crippen LogP contribution in [0.15, 0.2) is 24.3 Å². The van der Waals surface area contributed by atoms with Gasteiger partial charge >= 0.3 is 5.97 Å². The summed E-state index contributed by atoms with van der Waals surface area (Å²) >= 11 is 0. The molecule has 0 spiro atoms. The minimum Gasteiger partial charge on any atom is -0.481 e. The highest BCUT2D eigenvalue weighted by Gasteiger charge is 2.12. The number of nitrogens with one attached hydrogen (secondary N) is 1. The Morgan fingerprint density at radius 3 is 2.52 bits per heavy atom. The maximum absolute atomic E-state index is 11.3. The number of rotatable bonds is 9. The molecular weight excluding hydrogens is 268 g/mol. The topological polar surface area (TPSA) is 92.4 Å². The van der Waals surface area contributed by atoms with Gasteiger partial charge in [-0.2, -0.15) is 0 Å². The Bertz CT molecular complexity index is 488. The highest BCUT2D eigenvalue weighted by atomic mass is 16.4. The largest absolute Gasteiger partial charge is 0.481 e. The maximum atomic E-state index is 11.3. The summed E-state index contributed by atoms with van der Waals surface area (Å²) in [5, 5.41) is 12.2. The first kappa shape index (κ1) is 17.2. The molecule has 4 N–H and O–H groups in total. The van der Waals surface area contributed by atoms with E-state index in [0.29, 0.717) is 18.5 Å². The molecule has 1 rings (SSSR count). The molecule has 1 aromatic rings. The van der Waals surface area contributed by atoms with E-state index in [0.717, 1.165) is 18.4 Å². The lowest BCUT2D eigenvalue weighted by Crippen LogP contribution is -2.27. The van der Waals surface area contributed by atoms with Crippen LogP contribution in [0, 0.1) is 5.92 Å². The van der Waals surface area contributed by atoms with Gasteiger partial charge in [0.1, 0.15) is 0 Å². The van der Waals surface area contributed by atoms with Gasteiger partial charge in [0, 0.05) is 18.2 Å². The quantitative estimate of drug-likeness (QED) is 0.650. The number of primary amides is 1. The van der Waals surface area contributed by atoms with Crippen LogP contribution in [0.4, 0.5) is 0 Å². The molecule has 116 valence electrons. The van der Waals surface area contributed by atoms with Crippen LogP contribution in [0.2, 0.25) is 0 Å². The van der Waals surface area contributed by atoms with E-state index in [1.54, 1.807) is 19.1 Å². The molecule has 5 heteroatoms. The van der Waals surface area contributed by atoms with E-state index in [4.69, 9.17) is 10.8 Å². The molecule has 2 atom stereocenters. The molecule has 2 unspecified atom stereocenters. The molecule has 21 heavy (non-hydrogen) atoms. The normalized spacial score (nSPS) is 13.6. The van der Waals surface area contributed by atoms with Crippen molar-refractivity contribution < 1.29 is 14.7 Å². The Labute approximate surface area is 125 Å². The maximum Gasteiger partial charge on any atom is 0.306 e. The minimum atomic E-state index is -0.744. The molecular formula is C16H24N2O3. The summed E-state index contributed by atoms with van der Waals surface area (Å²) in [6.45, 7) is 4.36. The predicted octanol–water partition coefficient (Wildman–Crippen LogP) is 2.15. The fourth-order valence-corrected chi connectivity index (χ4v) is 2.15. The van der Waals surface area contributed by atoms with Crippen molar-refractivity contribution >= 4 is 11.9 Å².